The van der Waals surface area contributed by atoms with Crippen LogP contribution in [-0.2, 0) is 4.74 Å². The maximum absolute atomic E-state index is 11.8. The van der Waals surface area contributed by atoms with Gasteiger partial charge in [0.05, 0.1) is 10.5 Å². The van der Waals surface area contributed by atoms with E-state index in [0.29, 0.717) is 0 Å². The molecule has 0 heterocycles. The number of carbonyl (C=O) groups excluding carboxylic acids is 1. The SMILES string of the molecule is O=C(OC1CCC1)c1cccc([N+](=O)[O-])c1Br. The largest absolute Gasteiger partial charge is 0.459 e. The van der Waals surface area contributed by atoms with Gasteiger partial charge in [0.25, 0.3) is 5.69 Å². The fraction of sp³-hybridized carbons (Fsp3) is 0.364. The Morgan fingerprint density at radius 1 is 1.47 bits per heavy atom. The highest BCUT2D eigenvalue weighted by Crippen LogP contribution is 2.30. The lowest BCUT2D eigenvalue weighted by molar-refractivity contribution is -0.385. The van der Waals surface area contributed by atoms with E-state index in [1.165, 1.54) is 18.2 Å². The summed E-state index contributed by atoms with van der Waals surface area (Å²) in [5.41, 5.74) is 0.0687. The maximum Gasteiger partial charge on any atom is 0.339 e. The van der Waals surface area contributed by atoms with Gasteiger partial charge in [0.2, 0.25) is 0 Å². The Bertz CT molecular complexity index is 471. The van der Waals surface area contributed by atoms with Crippen molar-refractivity contribution >= 4 is 27.6 Å². The Hall–Kier alpha value is -1.43. The number of hydrogen-bond donors (Lipinski definition) is 0. The third-order valence-electron chi connectivity index (χ3n) is 2.72. The van der Waals surface area contributed by atoms with Crippen molar-refractivity contribution in [2.45, 2.75) is 25.4 Å². The van der Waals surface area contributed by atoms with Gasteiger partial charge in [0.15, 0.2) is 0 Å². The first kappa shape index (κ1) is 12.0. The van der Waals surface area contributed by atoms with Gasteiger partial charge < -0.3 is 4.74 Å². The fourth-order valence-electron chi connectivity index (χ4n) is 1.52. The number of benzene rings is 1. The van der Waals surface area contributed by atoms with Crippen LogP contribution in [0.2, 0.25) is 0 Å². The van der Waals surface area contributed by atoms with Crippen molar-refractivity contribution in [2.24, 2.45) is 0 Å². The second-order valence-corrected chi connectivity index (χ2v) is 4.65. The Morgan fingerprint density at radius 3 is 2.71 bits per heavy atom. The zero-order valence-electron chi connectivity index (χ0n) is 8.89. The third-order valence-corrected chi connectivity index (χ3v) is 3.55. The lowest BCUT2D eigenvalue weighted by Crippen LogP contribution is -2.25. The normalized spacial score (nSPS) is 15.1. The highest BCUT2D eigenvalue weighted by atomic mass is 79.9. The first-order valence-corrected chi connectivity index (χ1v) is 6.03. The second kappa shape index (κ2) is 4.83. The number of esters is 1. The molecule has 17 heavy (non-hydrogen) atoms. The van der Waals surface area contributed by atoms with Crippen LogP contribution in [0.15, 0.2) is 22.7 Å². The summed E-state index contributed by atoms with van der Waals surface area (Å²) in [4.78, 5) is 21.9. The minimum absolute atomic E-state index is 0.0336. The first-order valence-electron chi connectivity index (χ1n) is 5.23. The van der Waals surface area contributed by atoms with Gasteiger partial charge in [-0.25, -0.2) is 4.79 Å². The van der Waals surface area contributed by atoms with E-state index in [9.17, 15) is 14.9 Å². The number of ether oxygens (including phenoxy) is 1. The molecule has 0 radical (unpaired) electrons. The van der Waals surface area contributed by atoms with Crippen LogP contribution >= 0.6 is 15.9 Å². The lowest BCUT2D eigenvalue weighted by atomic mass is 9.96. The van der Waals surface area contributed by atoms with Gasteiger partial charge in [0, 0.05) is 6.07 Å². The van der Waals surface area contributed by atoms with Gasteiger partial charge in [-0.15, -0.1) is 0 Å². The van der Waals surface area contributed by atoms with Crippen molar-refractivity contribution in [3.63, 3.8) is 0 Å². The fourth-order valence-corrected chi connectivity index (χ4v) is 2.09. The quantitative estimate of drug-likeness (QED) is 0.488. The highest BCUT2D eigenvalue weighted by molar-refractivity contribution is 9.10. The molecule has 0 unspecified atom stereocenters. The average Bonchev–Trinajstić information content (AvgIpc) is 2.23. The summed E-state index contributed by atoms with van der Waals surface area (Å²) in [5.74, 6) is -0.509. The van der Waals surface area contributed by atoms with Crippen LogP contribution in [0, 0.1) is 10.1 Å². The van der Waals surface area contributed by atoms with E-state index in [1.54, 1.807) is 0 Å². The molecule has 0 aliphatic heterocycles. The highest BCUT2D eigenvalue weighted by Gasteiger charge is 2.25. The van der Waals surface area contributed by atoms with E-state index in [-0.39, 0.29) is 21.8 Å². The van der Waals surface area contributed by atoms with Gasteiger partial charge in [-0.05, 0) is 41.3 Å². The number of nitro benzene ring substituents is 1. The maximum atomic E-state index is 11.8. The molecule has 1 saturated carbocycles. The van der Waals surface area contributed by atoms with Crippen LogP contribution in [0.4, 0.5) is 5.69 Å². The topological polar surface area (TPSA) is 69.4 Å². The van der Waals surface area contributed by atoms with Gasteiger partial charge in [0.1, 0.15) is 10.6 Å². The van der Waals surface area contributed by atoms with Crippen molar-refractivity contribution in [3.8, 4) is 0 Å². The smallest absolute Gasteiger partial charge is 0.339 e. The lowest BCUT2D eigenvalue weighted by Gasteiger charge is -2.25. The molecule has 0 bridgehead atoms. The molecular formula is C11H10BrNO4. The number of rotatable bonds is 3. The van der Waals surface area contributed by atoms with Crippen LogP contribution in [0.5, 0.6) is 0 Å². The van der Waals surface area contributed by atoms with E-state index in [0.717, 1.165) is 19.3 Å². The average molecular weight is 300 g/mol. The van der Waals surface area contributed by atoms with Crippen molar-refractivity contribution in [2.75, 3.05) is 0 Å². The van der Waals surface area contributed by atoms with E-state index in [2.05, 4.69) is 15.9 Å². The summed E-state index contributed by atoms with van der Waals surface area (Å²) in [6.45, 7) is 0. The summed E-state index contributed by atoms with van der Waals surface area (Å²) in [6, 6.07) is 4.32. The molecule has 6 heteroatoms. The molecule has 2 rings (SSSR count). The molecule has 0 saturated heterocycles. The molecular weight excluding hydrogens is 290 g/mol. The Kier molecular flexibility index (Phi) is 3.42. The van der Waals surface area contributed by atoms with Crippen molar-refractivity contribution in [1.29, 1.82) is 0 Å². The second-order valence-electron chi connectivity index (χ2n) is 3.85. The molecule has 0 amide bonds. The molecule has 0 spiro atoms. The van der Waals surface area contributed by atoms with Crippen LogP contribution in [0.25, 0.3) is 0 Å². The number of carbonyl (C=O) groups is 1. The molecule has 0 aromatic heterocycles. The first-order chi connectivity index (χ1) is 8.09. The summed E-state index contributed by atoms with van der Waals surface area (Å²) in [5, 5.41) is 10.7. The minimum Gasteiger partial charge on any atom is -0.459 e. The van der Waals surface area contributed by atoms with E-state index < -0.39 is 10.9 Å². The predicted octanol–water partition coefficient (Wildman–Crippen LogP) is 3.07. The van der Waals surface area contributed by atoms with Crippen molar-refractivity contribution in [1.82, 2.24) is 0 Å². The van der Waals surface area contributed by atoms with E-state index in [4.69, 9.17) is 4.74 Å². The summed E-state index contributed by atoms with van der Waals surface area (Å²) in [6.07, 6.45) is 2.78. The van der Waals surface area contributed by atoms with Gasteiger partial charge >= 0.3 is 5.97 Å². The van der Waals surface area contributed by atoms with Gasteiger partial charge in [-0.1, -0.05) is 6.07 Å². The van der Waals surface area contributed by atoms with Crippen LogP contribution in [-0.4, -0.2) is 17.0 Å². The van der Waals surface area contributed by atoms with Gasteiger partial charge in [-0.3, -0.25) is 10.1 Å². The monoisotopic (exact) mass is 299 g/mol. The summed E-state index contributed by atoms with van der Waals surface area (Å²) < 4.78 is 5.37. The summed E-state index contributed by atoms with van der Waals surface area (Å²) in [7, 11) is 0. The predicted molar refractivity (Wildman–Crippen MR) is 63.9 cm³/mol. The molecule has 1 aromatic carbocycles. The minimum atomic E-state index is -0.537. The van der Waals surface area contributed by atoms with E-state index in [1.807, 2.05) is 0 Å². The third kappa shape index (κ3) is 2.46. The molecule has 1 aliphatic rings. The van der Waals surface area contributed by atoms with Crippen LogP contribution in [0.1, 0.15) is 29.6 Å². The molecule has 0 N–H and O–H groups in total. The Balaban J connectivity index is 2.22. The molecule has 1 aromatic rings. The zero-order valence-corrected chi connectivity index (χ0v) is 10.5. The molecule has 90 valence electrons. The standard InChI is InChI=1S/C11H10BrNO4/c12-10-8(5-2-6-9(10)13(15)16)11(14)17-7-3-1-4-7/h2,5-7H,1,3-4H2. The Morgan fingerprint density at radius 2 is 2.18 bits per heavy atom. The zero-order chi connectivity index (χ0) is 12.4. The number of nitrogens with zero attached hydrogens (tertiary/aromatic N) is 1. The van der Waals surface area contributed by atoms with Crippen LogP contribution in [0.3, 0.4) is 0 Å². The number of nitro groups is 1. The van der Waals surface area contributed by atoms with E-state index >= 15 is 0 Å². The molecule has 0 atom stereocenters. The van der Waals surface area contributed by atoms with Crippen molar-refractivity contribution < 1.29 is 14.5 Å². The summed E-state index contributed by atoms with van der Waals surface area (Å²) >= 11 is 3.07. The number of halogens is 1. The molecule has 5 nitrogen and oxygen atoms in total. The molecule has 1 aliphatic carbocycles. The van der Waals surface area contributed by atoms with Crippen molar-refractivity contribution in [3.05, 3.63) is 38.3 Å². The Labute approximate surface area is 106 Å². The van der Waals surface area contributed by atoms with Crippen LogP contribution < -0.4 is 0 Å². The van der Waals surface area contributed by atoms with Gasteiger partial charge in [-0.2, -0.15) is 0 Å². The number of hydrogen-bond acceptors (Lipinski definition) is 4. The molecule has 1 fully saturated rings.